The fraction of sp³-hybridized carbons (Fsp3) is 0.0769. The molecule has 1 aromatic carbocycles. The highest BCUT2D eigenvalue weighted by Crippen LogP contribution is 2.24. The Kier molecular flexibility index (Phi) is 2.67. The third kappa shape index (κ3) is 2.04. The highest BCUT2D eigenvalue weighted by atomic mass is 16.4. The quantitative estimate of drug-likeness (QED) is 0.800. The van der Waals surface area contributed by atoms with Crippen LogP contribution in [-0.2, 0) is 0 Å². The average Bonchev–Trinajstić information content (AvgIpc) is 2.72. The Labute approximate surface area is 97.9 Å². The van der Waals surface area contributed by atoms with E-state index in [2.05, 4.69) is 10.9 Å². The van der Waals surface area contributed by atoms with Crippen molar-refractivity contribution in [3.63, 3.8) is 0 Å². The van der Waals surface area contributed by atoms with Gasteiger partial charge in [-0.3, -0.25) is 0 Å². The van der Waals surface area contributed by atoms with Crippen LogP contribution in [0.15, 0.2) is 28.7 Å². The Hall–Kier alpha value is -2.54. The molecule has 84 valence electrons. The Morgan fingerprint density at radius 3 is 2.59 bits per heavy atom. The van der Waals surface area contributed by atoms with E-state index >= 15 is 0 Å². The van der Waals surface area contributed by atoms with Crippen molar-refractivity contribution < 1.29 is 14.3 Å². The number of hydrogen-bond acceptors (Lipinski definition) is 3. The van der Waals surface area contributed by atoms with Gasteiger partial charge in [0.2, 0.25) is 5.76 Å². The zero-order valence-electron chi connectivity index (χ0n) is 9.10. The van der Waals surface area contributed by atoms with Crippen LogP contribution >= 0.6 is 0 Å². The summed E-state index contributed by atoms with van der Waals surface area (Å²) in [6, 6.07) is 6.90. The van der Waals surface area contributed by atoms with Crippen molar-refractivity contribution >= 4 is 5.97 Å². The lowest BCUT2D eigenvalue weighted by Crippen LogP contribution is -1.96. The number of rotatable bonds is 2. The van der Waals surface area contributed by atoms with Gasteiger partial charge in [-0.05, 0) is 12.1 Å². The zero-order chi connectivity index (χ0) is 12.4. The smallest absolute Gasteiger partial charge is 0.374 e. The first kappa shape index (κ1) is 11.0. The second-order valence-corrected chi connectivity index (χ2v) is 3.44. The summed E-state index contributed by atoms with van der Waals surface area (Å²) in [6.45, 7) is 1.60. The average molecular weight is 227 g/mol. The summed E-state index contributed by atoms with van der Waals surface area (Å²) in [7, 11) is 0. The molecule has 0 amide bonds. The summed E-state index contributed by atoms with van der Waals surface area (Å²) in [4.78, 5) is 15.0. The topological polar surface area (TPSA) is 63.3 Å². The maximum Gasteiger partial charge on any atom is 0.374 e. The van der Waals surface area contributed by atoms with E-state index in [0.29, 0.717) is 17.1 Å². The van der Waals surface area contributed by atoms with Crippen LogP contribution in [0.3, 0.4) is 0 Å². The Bertz CT molecular complexity index is 603. The van der Waals surface area contributed by atoms with Crippen molar-refractivity contribution in [2.24, 2.45) is 0 Å². The fourth-order valence-electron chi connectivity index (χ4n) is 1.49. The normalized spacial score (nSPS) is 9.88. The molecule has 1 aromatic heterocycles. The minimum absolute atomic E-state index is 0.157. The number of oxazole rings is 1. The number of aromatic nitrogens is 1. The minimum Gasteiger partial charge on any atom is -0.475 e. The molecule has 0 radical (unpaired) electrons. The molecule has 4 heteroatoms. The first-order valence-electron chi connectivity index (χ1n) is 4.89. The zero-order valence-corrected chi connectivity index (χ0v) is 9.10. The molecule has 0 saturated heterocycles. The van der Waals surface area contributed by atoms with Crippen LogP contribution in [-0.4, -0.2) is 16.1 Å². The second kappa shape index (κ2) is 4.14. The summed E-state index contributed by atoms with van der Waals surface area (Å²) in [5.41, 5.74) is 1.71. The van der Waals surface area contributed by atoms with Crippen molar-refractivity contribution in [1.29, 1.82) is 0 Å². The molecule has 0 saturated carbocycles. The molecule has 0 aliphatic heterocycles. The molecule has 0 atom stereocenters. The third-order valence-corrected chi connectivity index (χ3v) is 2.25. The SMILES string of the molecule is C#Cc1ccc(-c2nc(C)oc2C(=O)O)cc1. The molecule has 0 fully saturated rings. The lowest BCUT2D eigenvalue weighted by Gasteiger charge is -1.97. The monoisotopic (exact) mass is 227 g/mol. The van der Waals surface area contributed by atoms with Gasteiger partial charge in [-0.2, -0.15) is 0 Å². The first-order valence-corrected chi connectivity index (χ1v) is 4.89. The van der Waals surface area contributed by atoms with E-state index in [-0.39, 0.29) is 5.76 Å². The Morgan fingerprint density at radius 1 is 1.41 bits per heavy atom. The second-order valence-electron chi connectivity index (χ2n) is 3.44. The van der Waals surface area contributed by atoms with Crippen molar-refractivity contribution in [3.8, 4) is 23.6 Å². The first-order chi connectivity index (χ1) is 8.11. The van der Waals surface area contributed by atoms with Crippen molar-refractivity contribution in [2.75, 3.05) is 0 Å². The number of hydrogen-bond donors (Lipinski definition) is 1. The lowest BCUT2D eigenvalue weighted by atomic mass is 10.1. The van der Waals surface area contributed by atoms with Crippen LogP contribution in [0.1, 0.15) is 22.0 Å². The number of benzene rings is 1. The predicted molar refractivity (Wildman–Crippen MR) is 61.6 cm³/mol. The van der Waals surface area contributed by atoms with Crippen molar-refractivity contribution in [3.05, 3.63) is 41.5 Å². The van der Waals surface area contributed by atoms with Crippen molar-refractivity contribution in [1.82, 2.24) is 4.98 Å². The number of aryl methyl sites for hydroxylation is 1. The highest BCUT2D eigenvalue weighted by Gasteiger charge is 2.19. The van der Waals surface area contributed by atoms with Gasteiger partial charge in [0.15, 0.2) is 5.89 Å². The molecule has 2 aromatic rings. The summed E-state index contributed by atoms with van der Waals surface area (Å²) >= 11 is 0. The molecule has 0 aliphatic carbocycles. The van der Waals surface area contributed by atoms with E-state index in [1.54, 1.807) is 31.2 Å². The van der Waals surface area contributed by atoms with Crippen LogP contribution < -0.4 is 0 Å². The molecule has 0 bridgehead atoms. The molecular formula is C13H9NO3. The summed E-state index contributed by atoms with van der Waals surface area (Å²) < 4.78 is 5.04. The predicted octanol–water partition coefficient (Wildman–Crippen LogP) is 2.33. The number of terminal acetylenes is 1. The maximum absolute atomic E-state index is 11.0. The van der Waals surface area contributed by atoms with Gasteiger partial charge < -0.3 is 9.52 Å². The van der Waals surface area contributed by atoms with Gasteiger partial charge in [-0.1, -0.05) is 18.1 Å². The molecule has 0 unspecified atom stereocenters. The van der Waals surface area contributed by atoms with Crippen molar-refractivity contribution in [2.45, 2.75) is 6.92 Å². The van der Waals surface area contributed by atoms with Crippen LogP contribution in [0.5, 0.6) is 0 Å². The molecule has 0 aliphatic rings. The van der Waals surface area contributed by atoms with Crippen LogP contribution in [0, 0.1) is 19.3 Å². The molecule has 1 heterocycles. The number of nitrogens with zero attached hydrogens (tertiary/aromatic N) is 1. The molecule has 4 nitrogen and oxygen atoms in total. The Morgan fingerprint density at radius 2 is 2.06 bits per heavy atom. The summed E-state index contributed by atoms with van der Waals surface area (Å²) in [6.07, 6.45) is 5.24. The summed E-state index contributed by atoms with van der Waals surface area (Å²) in [5, 5.41) is 8.97. The van der Waals surface area contributed by atoms with E-state index in [1.807, 2.05) is 0 Å². The van der Waals surface area contributed by atoms with Gasteiger partial charge in [0, 0.05) is 18.1 Å². The number of aromatic carboxylic acids is 1. The van der Waals surface area contributed by atoms with Gasteiger partial charge in [-0.25, -0.2) is 9.78 Å². The Balaban J connectivity index is 2.52. The minimum atomic E-state index is -1.14. The van der Waals surface area contributed by atoms with Crippen LogP contribution in [0.25, 0.3) is 11.3 Å². The number of carboxylic acid groups (broad SMARTS) is 1. The molecule has 2 rings (SSSR count). The maximum atomic E-state index is 11.0. The summed E-state index contributed by atoms with van der Waals surface area (Å²) in [5.74, 6) is 1.51. The third-order valence-electron chi connectivity index (χ3n) is 2.25. The largest absolute Gasteiger partial charge is 0.475 e. The van der Waals surface area contributed by atoms with Gasteiger partial charge in [-0.15, -0.1) is 6.42 Å². The lowest BCUT2D eigenvalue weighted by molar-refractivity contribution is 0.0662. The van der Waals surface area contributed by atoms with E-state index in [1.165, 1.54) is 0 Å². The van der Waals surface area contributed by atoms with E-state index < -0.39 is 5.97 Å². The van der Waals surface area contributed by atoms with Gasteiger partial charge in [0.05, 0.1) is 0 Å². The molecule has 1 N–H and O–H groups in total. The highest BCUT2D eigenvalue weighted by molar-refractivity contribution is 5.91. The van der Waals surface area contributed by atoms with Crippen LogP contribution in [0.2, 0.25) is 0 Å². The number of carbonyl (C=O) groups is 1. The standard InChI is InChI=1S/C13H9NO3/c1-3-9-4-6-10(7-5-9)11-12(13(15)16)17-8(2)14-11/h1,4-7H,2H3,(H,15,16). The van der Waals surface area contributed by atoms with Gasteiger partial charge in [0.25, 0.3) is 0 Å². The number of carboxylic acids is 1. The van der Waals surface area contributed by atoms with Gasteiger partial charge in [0.1, 0.15) is 5.69 Å². The molecule has 0 spiro atoms. The molecular weight excluding hydrogens is 218 g/mol. The molecule has 17 heavy (non-hydrogen) atoms. The van der Waals surface area contributed by atoms with E-state index in [0.717, 1.165) is 5.56 Å². The van der Waals surface area contributed by atoms with E-state index in [4.69, 9.17) is 15.9 Å². The van der Waals surface area contributed by atoms with Crippen LogP contribution in [0.4, 0.5) is 0 Å². The fourth-order valence-corrected chi connectivity index (χ4v) is 1.49. The van der Waals surface area contributed by atoms with E-state index in [9.17, 15) is 4.79 Å². The van der Waals surface area contributed by atoms with Gasteiger partial charge >= 0.3 is 5.97 Å².